The molecule has 0 aromatic heterocycles. The Balaban J connectivity index is 1.20. The number of para-hydroxylation sites is 2. The van der Waals surface area contributed by atoms with Crippen molar-refractivity contribution in [2.75, 3.05) is 16.8 Å². The molecule has 2 fully saturated rings. The molecule has 0 saturated heterocycles. The van der Waals surface area contributed by atoms with Gasteiger partial charge in [0.15, 0.2) is 0 Å². The quantitative estimate of drug-likeness (QED) is 0.186. The Morgan fingerprint density at radius 1 is 0.655 bits per heavy atom. The van der Waals surface area contributed by atoms with Crippen LogP contribution in [0.1, 0.15) is 121 Å². The van der Waals surface area contributed by atoms with Gasteiger partial charge in [0.05, 0.1) is 16.8 Å². The molecule has 9 rings (SSSR count). The lowest BCUT2D eigenvalue weighted by atomic mass is 9.66. The Hall–Kier alpha value is -5.88. The van der Waals surface area contributed by atoms with Crippen LogP contribution in [0, 0.1) is 0 Å². The van der Waals surface area contributed by atoms with Gasteiger partial charge < -0.3 is 20.0 Å². The van der Waals surface area contributed by atoms with Crippen LogP contribution in [0.15, 0.2) is 149 Å². The van der Waals surface area contributed by atoms with Gasteiger partial charge in [-0.15, -0.1) is 0 Å². The molecule has 6 heteroatoms. The molecule has 0 atom stereocenters. The van der Waals surface area contributed by atoms with Crippen molar-refractivity contribution in [1.29, 1.82) is 0 Å². The molecule has 2 N–H and O–H groups in total. The number of carboxylic acids is 2. The van der Waals surface area contributed by atoms with E-state index in [4.69, 9.17) is 0 Å². The Morgan fingerprint density at radius 3 is 1.83 bits per heavy atom. The number of aromatic carboxylic acids is 2. The minimum Gasteiger partial charge on any atom is -0.478 e. The Labute approximate surface area is 342 Å². The van der Waals surface area contributed by atoms with Crippen molar-refractivity contribution in [3.05, 3.63) is 177 Å². The minimum atomic E-state index is -0.883. The number of likely N-dealkylation sites (N-methyl/N-ethyl adjacent to an activating group) is 1. The number of rotatable bonds is 8. The molecule has 0 bridgehead atoms. The van der Waals surface area contributed by atoms with Crippen LogP contribution in [0.2, 0.25) is 0 Å². The molecule has 4 aliphatic carbocycles. The van der Waals surface area contributed by atoms with Gasteiger partial charge in [-0.2, -0.15) is 0 Å². The molecule has 0 radical (unpaired) electrons. The van der Waals surface area contributed by atoms with E-state index < -0.39 is 11.9 Å². The molecule has 4 aromatic rings. The van der Waals surface area contributed by atoms with E-state index in [2.05, 4.69) is 109 Å². The zero-order valence-electron chi connectivity index (χ0n) is 33.6. The average Bonchev–Trinajstić information content (AvgIpc) is 3.82. The number of carbonyl (C=O) groups is 2. The number of allylic oxidation sites excluding steroid dienone is 9. The first-order chi connectivity index (χ1) is 28.2. The summed E-state index contributed by atoms with van der Waals surface area (Å²) in [6.45, 7) is 2.22. The second kappa shape index (κ2) is 15.1. The second-order valence-corrected chi connectivity index (χ2v) is 16.9. The fourth-order valence-electron chi connectivity index (χ4n) is 11.2. The van der Waals surface area contributed by atoms with E-state index in [1.807, 2.05) is 24.3 Å². The molecule has 1 heterocycles. The van der Waals surface area contributed by atoms with Crippen LogP contribution in [0.5, 0.6) is 0 Å². The summed E-state index contributed by atoms with van der Waals surface area (Å²) in [7, 11) is 2.14. The molecule has 294 valence electrons. The predicted octanol–water partition coefficient (Wildman–Crippen LogP) is 12.7. The average molecular weight is 769 g/mol. The topological polar surface area (TPSA) is 81.1 Å². The SMILES string of the molecule is CC1=C(/C=C/C2=C(N(c3ccccc3)c3ccccc3)C(=C/C=C3\N(C)c4ccc(C(=O)O)cc4C34CCCCC4)/CC2)C2(CCCCC2)c2cc(C(=O)O)ccc21. The van der Waals surface area contributed by atoms with Gasteiger partial charge in [0.25, 0.3) is 0 Å². The smallest absolute Gasteiger partial charge is 0.335 e. The first-order valence-corrected chi connectivity index (χ1v) is 21.2. The van der Waals surface area contributed by atoms with Gasteiger partial charge in [0.2, 0.25) is 0 Å². The van der Waals surface area contributed by atoms with Crippen LogP contribution in [-0.2, 0) is 10.8 Å². The molecule has 0 unspecified atom stereocenters. The second-order valence-electron chi connectivity index (χ2n) is 16.9. The zero-order chi connectivity index (χ0) is 40.0. The van der Waals surface area contributed by atoms with E-state index in [0.717, 1.165) is 86.8 Å². The normalized spacial score (nSPS) is 20.8. The first-order valence-electron chi connectivity index (χ1n) is 21.2. The van der Waals surface area contributed by atoms with Crippen molar-refractivity contribution in [2.45, 2.75) is 94.8 Å². The highest BCUT2D eigenvalue weighted by Crippen LogP contribution is 2.57. The van der Waals surface area contributed by atoms with E-state index >= 15 is 0 Å². The lowest BCUT2D eigenvalue weighted by Crippen LogP contribution is -2.32. The Bertz CT molecular complexity index is 2400. The van der Waals surface area contributed by atoms with Crippen LogP contribution in [0.4, 0.5) is 17.1 Å². The third-order valence-electron chi connectivity index (χ3n) is 13.9. The van der Waals surface area contributed by atoms with Crippen LogP contribution in [0.25, 0.3) is 5.57 Å². The molecule has 4 aromatic carbocycles. The fourth-order valence-corrected chi connectivity index (χ4v) is 11.2. The van der Waals surface area contributed by atoms with Gasteiger partial charge in [-0.1, -0.05) is 99.2 Å². The molecular weight excluding hydrogens is 717 g/mol. The number of anilines is 3. The summed E-state index contributed by atoms with van der Waals surface area (Å²) in [5.74, 6) is -1.76. The lowest BCUT2D eigenvalue weighted by Gasteiger charge is -2.37. The summed E-state index contributed by atoms with van der Waals surface area (Å²) in [6, 6.07) is 32.7. The molecule has 58 heavy (non-hydrogen) atoms. The first kappa shape index (κ1) is 37.7. The van der Waals surface area contributed by atoms with Crippen molar-refractivity contribution in [1.82, 2.24) is 0 Å². The third kappa shape index (κ3) is 6.25. The van der Waals surface area contributed by atoms with Gasteiger partial charge in [0.1, 0.15) is 0 Å². The summed E-state index contributed by atoms with van der Waals surface area (Å²) in [4.78, 5) is 29.1. The van der Waals surface area contributed by atoms with Crippen molar-refractivity contribution >= 4 is 34.6 Å². The predicted molar refractivity (Wildman–Crippen MR) is 234 cm³/mol. The minimum absolute atomic E-state index is 0.183. The van der Waals surface area contributed by atoms with E-state index in [0.29, 0.717) is 11.1 Å². The van der Waals surface area contributed by atoms with E-state index in [1.165, 1.54) is 57.7 Å². The maximum absolute atomic E-state index is 12.2. The zero-order valence-corrected chi connectivity index (χ0v) is 33.6. The van der Waals surface area contributed by atoms with Gasteiger partial charge in [-0.3, -0.25) is 0 Å². The number of hydrogen-bond acceptors (Lipinski definition) is 4. The number of hydrogen-bond donors (Lipinski definition) is 2. The molecule has 2 spiro atoms. The third-order valence-corrected chi connectivity index (χ3v) is 13.9. The fraction of sp³-hybridized carbons (Fsp3) is 0.308. The number of carboxylic acid groups (broad SMARTS) is 2. The molecule has 1 aliphatic heterocycles. The van der Waals surface area contributed by atoms with Crippen LogP contribution >= 0.6 is 0 Å². The van der Waals surface area contributed by atoms with Crippen LogP contribution < -0.4 is 9.80 Å². The molecule has 5 aliphatic rings. The van der Waals surface area contributed by atoms with Crippen molar-refractivity contribution < 1.29 is 19.8 Å². The van der Waals surface area contributed by atoms with Crippen molar-refractivity contribution in [2.24, 2.45) is 0 Å². The molecule has 2 saturated carbocycles. The standard InChI is InChI=1S/C52H52N2O4/c1-35-42-25-21-38(49(55)56)33-44(42)51(29-11-5-12-30-51)43(35)26-22-36-19-20-37(48(36)54(40-15-7-3-8-16-40)41-17-9-4-10-18-41)24-28-47-52(31-13-6-14-32-52)45-34-39(50(57)58)23-27-46(45)53(47)2/h3-4,7-10,15-18,21-28,33-34H,5-6,11-14,19-20,29-32H2,1-2H3,(H,55,56)(H,57,58)/b26-22+,37-24+,47-28-. The maximum Gasteiger partial charge on any atom is 0.335 e. The Kier molecular flexibility index (Phi) is 9.83. The van der Waals surface area contributed by atoms with E-state index in [9.17, 15) is 19.8 Å². The number of nitrogens with zero attached hydrogens (tertiary/aromatic N) is 2. The maximum atomic E-state index is 12.2. The summed E-state index contributed by atoms with van der Waals surface area (Å²) < 4.78 is 0. The van der Waals surface area contributed by atoms with Gasteiger partial charge in [0, 0.05) is 40.6 Å². The van der Waals surface area contributed by atoms with E-state index in [1.54, 1.807) is 12.1 Å². The number of fused-ring (bicyclic) bond motifs is 4. The van der Waals surface area contributed by atoms with Gasteiger partial charge in [-0.25, -0.2) is 9.59 Å². The Morgan fingerprint density at radius 2 is 1.22 bits per heavy atom. The highest BCUT2D eigenvalue weighted by Gasteiger charge is 2.47. The lowest BCUT2D eigenvalue weighted by molar-refractivity contribution is 0.0686. The molecular formula is C52H52N2O4. The summed E-state index contributed by atoms with van der Waals surface area (Å²) in [6.07, 6.45) is 22.2. The van der Waals surface area contributed by atoms with Crippen molar-refractivity contribution in [3.63, 3.8) is 0 Å². The van der Waals surface area contributed by atoms with Crippen LogP contribution in [-0.4, -0.2) is 29.2 Å². The van der Waals surface area contributed by atoms with Crippen LogP contribution in [0.3, 0.4) is 0 Å². The van der Waals surface area contributed by atoms with E-state index in [-0.39, 0.29) is 10.8 Å². The highest BCUT2D eigenvalue weighted by molar-refractivity contribution is 5.91. The van der Waals surface area contributed by atoms with Gasteiger partial charge in [-0.05, 0) is 145 Å². The highest BCUT2D eigenvalue weighted by atomic mass is 16.4. The number of benzene rings is 4. The monoisotopic (exact) mass is 768 g/mol. The molecule has 0 amide bonds. The molecule has 6 nitrogen and oxygen atoms in total. The van der Waals surface area contributed by atoms with Crippen molar-refractivity contribution in [3.8, 4) is 0 Å². The van der Waals surface area contributed by atoms with Gasteiger partial charge >= 0.3 is 11.9 Å². The largest absolute Gasteiger partial charge is 0.478 e. The summed E-state index contributed by atoms with van der Waals surface area (Å²) in [5.41, 5.74) is 14.7. The summed E-state index contributed by atoms with van der Waals surface area (Å²) >= 11 is 0. The summed E-state index contributed by atoms with van der Waals surface area (Å²) in [5, 5.41) is 20.0.